The van der Waals surface area contributed by atoms with E-state index in [1.54, 1.807) is 6.92 Å². The summed E-state index contributed by atoms with van der Waals surface area (Å²) in [5, 5.41) is 10.5. The van der Waals surface area contributed by atoms with Gasteiger partial charge in [-0.15, -0.1) is 0 Å². The van der Waals surface area contributed by atoms with Gasteiger partial charge in [0.1, 0.15) is 0 Å². The van der Waals surface area contributed by atoms with Crippen LogP contribution in [-0.4, -0.2) is 23.3 Å². The fourth-order valence-corrected chi connectivity index (χ4v) is 1.31. The molecule has 0 heterocycles. The number of ether oxygens (including phenoxy) is 1. The molecule has 1 aromatic carbocycles. The first-order chi connectivity index (χ1) is 7.97. The average molecular weight is 258 g/mol. The highest BCUT2D eigenvalue weighted by molar-refractivity contribution is 6.45. The number of ketones is 1. The van der Waals surface area contributed by atoms with Crippen molar-refractivity contribution in [3.8, 4) is 0 Å². The molecule has 0 saturated heterocycles. The molecule has 90 valence electrons. The lowest BCUT2D eigenvalue weighted by atomic mass is 10.1. The Kier molecular flexibility index (Phi) is 4.17. The third kappa shape index (κ3) is 3.01. The molecular formula is C10H8ClNO5. The van der Waals surface area contributed by atoms with Crippen LogP contribution < -0.4 is 0 Å². The van der Waals surface area contributed by atoms with Crippen molar-refractivity contribution in [2.24, 2.45) is 0 Å². The molecule has 0 N–H and O–H groups in total. The second kappa shape index (κ2) is 5.40. The molecule has 0 radical (unpaired) electrons. The number of nitrogens with zero attached hydrogens (tertiary/aromatic N) is 1. The summed E-state index contributed by atoms with van der Waals surface area (Å²) < 4.78 is 4.50. The number of nitro benzene ring substituents is 1. The lowest BCUT2D eigenvalue weighted by Crippen LogP contribution is -2.18. The Morgan fingerprint density at radius 3 is 2.65 bits per heavy atom. The van der Waals surface area contributed by atoms with E-state index in [2.05, 4.69) is 4.74 Å². The molecule has 0 aliphatic rings. The van der Waals surface area contributed by atoms with E-state index >= 15 is 0 Å². The second-order valence-corrected chi connectivity index (χ2v) is 3.38. The molecule has 0 aromatic heterocycles. The Labute approximate surface area is 101 Å². The lowest BCUT2D eigenvalue weighted by molar-refractivity contribution is -0.384. The van der Waals surface area contributed by atoms with Gasteiger partial charge in [0.15, 0.2) is 0 Å². The van der Waals surface area contributed by atoms with Gasteiger partial charge in [0.25, 0.3) is 11.5 Å². The highest BCUT2D eigenvalue weighted by Crippen LogP contribution is 2.22. The van der Waals surface area contributed by atoms with Gasteiger partial charge in [-0.3, -0.25) is 14.9 Å². The molecule has 0 aliphatic heterocycles. The van der Waals surface area contributed by atoms with E-state index in [1.165, 1.54) is 6.07 Å². The lowest BCUT2D eigenvalue weighted by Gasteiger charge is -2.02. The molecule has 7 heteroatoms. The molecule has 1 aromatic rings. The molecule has 0 aliphatic carbocycles. The summed E-state index contributed by atoms with van der Waals surface area (Å²) in [5.41, 5.74) is -0.554. The van der Waals surface area contributed by atoms with Crippen LogP contribution in [0.1, 0.15) is 17.3 Å². The quantitative estimate of drug-likeness (QED) is 0.271. The van der Waals surface area contributed by atoms with Gasteiger partial charge in [-0.2, -0.15) is 0 Å². The summed E-state index contributed by atoms with van der Waals surface area (Å²) in [4.78, 5) is 32.6. The van der Waals surface area contributed by atoms with Crippen LogP contribution in [0.3, 0.4) is 0 Å². The second-order valence-electron chi connectivity index (χ2n) is 2.97. The zero-order chi connectivity index (χ0) is 13.0. The molecule has 0 spiro atoms. The third-order valence-corrected chi connectivity index (χ3v) is 2.20. The molecular weight excluding hydrogens is 250 g/mol. The number of rotatable bonds is 4. The first kappa shape index (κ1) is 13.1. The summed E-state index contributed by atoms with van der Waals surface area (Å²) in [6.45, 7) is 1.58. The molecule has 1 rings (SSSR count). The van der Waals surface area contributed by atoms with E-state index < -0.39 is 16.7 Å². The largest absolute Gasteiger partial charge is 0.460 e. The predicted octanol–water partition coefficient (Wildman–Crippen LogP) is 1.99. The Morgan fingerprint density at radius 1 is 1.47 bits per heavy atom. The van der Waals surface area contributed by atoms with E-state index in [9.17, 15) is 19.7 Å². The normalized spacial score (nSPS) is 9.76. The van der Waals surface area contributed by atoms with Gasteiger partial charge in [-0.1, -0.05) is 11.6 Å². The van der Waals surface area contributed by atoms with E-state index in [-0.39, 0.29) is 22.9 Å². The van der Waals surface area contributed by atoms with Crippen molar-refractivity contribution in [1.29, 1.82) is 0 Å². The number of Topliss-reactive ketones (excluding diaryl/α,β-unsaturated/α-hetero) is 1. The van der Waals surface area contributed by atoms with E-state index in [0.717, 1.165) is 12.1 Å². The summed E-state index contributed by atoms with van der Waals surface area (Å²) in [5.74, 6) is -2.09. The first-order valence-electron chi connectivity index (χ1n) is 4.62. The van der Waals surface area contributed by atoms with Crippen LogP contribution in [0.15, 0.2) is 18.2 Å². The first-order valence-corrected chi connectivity index (χ1v) is 5.00. The van der Waals surface area contributed by atoms with E-state index in [1.807, 2.05) is 0 Å². The number of benzene rings is 1. The minimum atomic E-state index is -1.09. The molecule has 17 heavy (non-hydrogen) atoms. The topological polar surface area (TPSA) is 86.5 Å². The monoisotopic (exact) mass is 257 g/mol. The minimum absolute atomic E-state index is 0.0337. The highest BCUT2D eigenvalue weighted by Gasteiger charge is 2.22. The maximum absolute atomic E-state index is 11.5. The van der Waals surface area contributed by atoms with Crippen molar-refractivity contribution < 1.29 is 19.2 Å². The number of carbonyl (C=O) groups excluding carboxylic acids is 2. The maximum Gasteiger partial charge on any atom is 0.379 e. The van der Waals surface area contributed by atoms with Crippen molar-refractivity contribution in [1.82, 2.24) is 0 Å². The van der Waals surface area contributed by atoms with Gasteiger partial charge in [0, 0.05) is 12.1 Å². The Balaban J connectivity index is 3.12. The van der Waals surface area contributed by atoms with Crippen LogP contribution in [0.25, 0.3) is 0 Å². The fraction of sp³-hybridized carbons (Fsp3) is 0.200. The van der Waals surface area contributed by atoms with Gasteiger partial charge < -0.3 is 4.74 Å². The summed E-state index contributed by atoms with van der Waals surface area (Å²) in [6.07, 6.45) is 0. The number of carbonyl (C=O) groups is 2. The molecule has 0 atom stereocenters. The van der Waals surface area contributed by atoms with Crippen LogP contribution in [0, 0.1) is 10.1 Å². The fourth-order valence-electron chi connectivity index (χ4n) is 1.11. The zero-order valence-corrected chi connectivity index (χ0v) is 9.56. The molecule has 0 unspecified atom stereocenters. The highest BCUT2D eigenvalue weighted by atomic mass is 35.5. The number of nitro groups is 1. The summed E-state index contributed by atoms with van der Waals surface area (Å²) in [7, 11) is 0. The number of hydrogen-bond donors (Lipinski definition) is 0. The Morgan fingerprint density at radius 2 is 2.12 bits per heavy atom. The van der Waals surface area contributed by atoms with E-state index in [0.29, 0.717) is 0 Å². The summed E-state index contributed by atoms with van der Waals surface area (Å²) >= 11 is 5.69. The minimum Gasteiger partial charge on any atom is -0.460 e. The van der Waals surface area contributed by atoms with Crippen LogP contribution in [0.5, 0.6) is 0 Å². The van der Waals surface area contributed by atoms with Crippen molar-refractivity contribution >= 4 is 29.0 Å². The molecule has 6 nitrogen and oxygen atoms in total. The molecule has 0 amide bonds. The maximum atomic E-state index is 11.5. The van der Waals surface area contributed by atoms with Crippen LogP contribution >= 0.6 is 11.6 Å². The number of hydrogen-bond acceptors (Lipinski definition) is 5. The van der Waals surface area contributed by atoms with Crippen LogP contribution in [-0.2, 0) is 9.53 Å². The molecule has 0 fully saturated rings. The predicted molar refractivity (Wildman–Crippen MR) is 59.1 cm³/mol. The summed E-state index contributed by atoms with van der Waals surface area (Å²) in [6, 6.07) is 3.28. The third-order valence-electron chi connectivity index (χ3n) is 1.87. The SMILES string of the molecule is CCOC(=O)C(=O)c1cc([N+](=O)[O-])ccc1Cl. The Bertz CT molecular complexity index is 486. The average Bonchev–Trinajstić information content (AvgIpc) is 2.28. The number of halogens is 1. The molecule has 0 bridgehead atoms. The van der Waals surface area contributed by atoms with E-state index in [4.69, 9.17) is 11.6 Å². The van der Waals surface area contributed by atoms with Crippen molar-refractivity contribution in [2.45, 2.75) is 6.92 Å². The van der Waals surface area contributed by atoms with Gasteiger partial charge >= 0.3 is 5.97 Å². The van der Waals surface area contributed by atoms with Gasteiger partial charge in [0.2, 0.25) is 0 Å². The standard InChI is InChI=1S/C10H8ClNO5/c1-2-17-10(14)9(13)7-5-6(12(15)16)3-4-8(7)11/h3-5H,2H2,1H3. The van der Waals surface area contributed by atoms with Gasteiger partial charge in [-0.25, -0.2) is 4.79 Å². The zero-order valence-electron chi connectivity index (χ0n) is 8.81. The van der Waals surface area contributed by atoms with Gasteiger partial charge in [0.05, 0.1) is 22.1 Å². The van der Waals surface area contributed by atoms with Crippen LogP contribution in [0.4, 0.5) is 5.69 Å². The molecule has 0 saturated carbocycles. The smallest absolute Gasteiger partial charge is 0.379 e. The van der Waals surface area contributed by atoms with Gasteiger partial charge in [-0.05, 0) is 13.0 Å². The Hall–Kier alpha value is -1.95. The number of esters is 1. The van der Waals surface area contributed by atoms with Crippen molar-refractivity contribution in [3.63, 3.8) is 0 Å². The van der Waals surface area contributed by atoms with Crippen molar-refractivity contribution in [3.05, 3.63) is 38.9 Å². The number of non-ortho nitro benzene ring substituents is 1. The van der Waals surface area contributed by atoms with Crippen LogP contribution in [0.2, 0.25) is 5.02 Å². The van der Waals surface area contributed by atoms with Crippen molar-refractivity contribution in [2.75, 3.05) is 6.61 Å².